The van der Waals surface area contributed by atoms with E-state index in [1.54, 1.807) is 7.11 Å². The fourth-order valence-corrected chi connectivity index (χ4v) is 2.16. The molecule has 18 heavy (non-hydrogen) atoms. The maximum Gasteiger partial charge on any atom is 0.228 e. The van der Waals surface area contributed by atoms with Crippen LogP contribution in [-0.2, 0) is 21.5 Å². The topological polar surface area (TPSA) is 83.4 Å². The predicted octanol–water partition coefficient (Wildman–Crippen LogP) is 1.00. The molecule has 1 saturated heterocycles. The summed E-state index contributed by atoms with van der Waals surface area (Å²) in [6.45, 7) is 3.24. The molecule has 0 saturated carbocycles. The molecule has 1 fully saturated rings. The Morgan fingerprint density at radius 1 is 1.50 bits per heavy atom. The van der Waals surface area contributed by atoms with E-state index in [1.807, 2.05) is 6.92 Å². The first kappa shape index (κ1) is 13.5. The lowest BCUT2D eigenvalue weighted by Gasteiger charge is -2.30. The maximum atomic E-state index is 5.85. The SMILES string of the molecule is COCC(N)Cc1nc(C2(C)CCCCO2)no1. The third-order valence-electron chi connectivity index (χ3n) is 3.23. The number of nitrogens with two attached hydrogens (primary N) is 1. The van der Waals surface area contributed by atoms with E-state index in [-0.39, 0.29) is 6.04 Å². The van der Waals surface area contributed by atoms with E-state index in [9.17, 15) is 0 Å². The summed E-state index contributed by atoms with van der Waals surface area (Å²) in [5, 5.41) is 4.02. The molecule has 1 aliphatic rings. The second-order valence-corrected chi connectivity index (χ2v) is 4.97. The molecule has 0 spiro atoms. The van der Waals surface area contributed by atoms with Crippen molar-refractivity contribution < 1.29 is 14.0 Å². The third-order valence-corrected chi connectivity index (χ3v) is 3.23. The number of rotatable bonds is 5. The molecule has 2 atom stereocenters. The van der Waals surface area contributed by atoms with Crippen LogP contribution in [0.2, 0.25) is 0 Å². The molecule has 6 nitrogen and oxygen atoms in total. The van der Waals surface area contributed by atoms with Gasteiger partial charge in [0.05, 0.1) is 6.61 Å². The molecule has 0 amide bonds. The summed E-state index contributed by atoms with van der Waals surface area (Å²) in [6.07, 6.45) is 3.68. The van der Waals surface area contributed by atoms with E-state index in [1.165, 1.54) is 0 Å². The quantitative estimate of drug-likeness (QED) is 0.845. The molecule has 1 aromatic rings. The minimum Gasteiger partial charge on any atom is -0.383 e. The molecule has 0 bridgehead atoms. The maximum absolute atomic E-state index is 5.85. The monoisotopic (exact) mass is 255 g/mol. The van der Waals surface area contributed by atoms with E-state index >= 15 is 0 Å². The summed E-state index contributed by atoms with van der Waals surface area (Å²) in [5.74, 6) is 1.17. The highest BCUT2D eigenvalue weighted by molar-refractivity contribution is 5.01. The van der Waals surface area contributed by atoms with Crippen molar-refractivity contribution in [1.29, 1.82) is 0 Å². The van der Waals surface area contributed by atoms with Crippen molar-refractivity contribution in [3.8, 4) is 0 Å². The summed E-state index contributed by atoms with van der Waals surface area (Å²) < 4.78 is 16.0. The van der Waals surface area contributed by atoms with Crippen molar-refractivity contribution >= 4 is 0 Å². The number of hydrogen-bond donors (Lipinski definition) is 1. The predicted molar refractivity (Wildman–Crippen MR) is 65.0 cm³/mol. The van der Waals surface area contributed by atoms with Gasteiger partial charge in [-0.15, -0.1) is 0 Å². The number of hydrogen-bond acceptors (Lipinski definition) is 6. The molecule has 2 rings (SSSR count). The summed E-state index contributed by atoms with van der Waals surface area (Å²) >= 11 is 0. The molecule has 2 unspecified atom stereocenters. The summed E-state index contributed by atoms with van der Waals surface area (Å²) in [7, 11) is 1.62. The fraction of sp³-hybridized carbons (Fsp3) is 0.833. The lowest BCUT2D eigenvalue weighted by molar-refractivity contribution is -0.0770. The lowest BCUT2D eigenvalue weighted by Crippen LogP contribution is -2.31. The van der Waals surface area contributed by atoms with Gasteiger partial charge in [0.25, 0.3) is 0 Å². The van der Waals surface area contributed by atoms with Crippen molar-refractivity contribution in [3.05, 3.63) is 11.7 Å². The molecule has 1 aromatic heterocycles. The van der Waals surface area contributed by atoms with Crippen molar-refractivity contribution in [2.24, 2.45) is 5.73 Å². The van der Waals surface area contributed by atoms with Crippen molar-refractivity contribution in [2.75, 3.05) is 20.3 Å². The third kappa shape index (κ3) is 3.07. The lowest BCUT2D eigenvalue weighted by atomic mass is 9.95. The van der Waals surface area contributed by atoms with Gasteiger partial charge in [-0.25, -0.2) is 0 Å². The molecule has 102 valence electrons. The van der Waals surface area contributed by atoms with Crippen molar-refractivity contribution in [3.63, 3.8) is 0 Å². The average molecular weight is 255 g/mol. The van der Waals surface area contributed by atoms with Gasteiger partial charge in [0.15, 0.2) is 0 Å². The first-order valence-corrected chi connectivity index (χ1v) is 6.35. The van der Waals surface area contributed by atoms with Crippen LogP contribution in [0.5, 0.6) is 0 Å². The summed E-state index contributed by atoms with van der Waals surface area (Å²) in [4.78, 5) is 4.39. The van der Waals surface area contributed by atoms with Gasteiger partial charge >= 0.3 is 0 Å². The van der Waals surface area contributed by atoms with Gasteiger partial charge in [-0.3, -0.25) is 0 Å². The van der Waals surface area contributed by atoms with E-state index < -0.39 is 5.60 Å². The molecule has 2 N–H and O–H groups in total. The average Bonchev–Trinajstić information content (AvgIpc) is 2.79. The van der Waals surface area contributed by atoms with Gasteiger partial charge in [0, 0.05) is 26.2 Å². The van der Waals surface area contributed by atoms with Gasteiger partial charge in [0.1, 0.15) is 5.60 Å². The van der Waals surface area contributed by atoms with Crippen LogP contribution in [0.3, 0.4) is 0 Å². The zero-order valence-electron chi connectivity index (χ0n) is 11.0. The van der Waals surface area contributed by atoms with Crippen molar-refractivity contribution in [1.82, 2.24) is 10.1 Å². The van der Waals surface area contributed by atoms with Crippen LogP contribution in [0.25, 0.3) is 0 Å². The van der Waals surface area contributed by atoms with Crippen LogP contribution in [0.15, 0.2) is 4.52 Å². The smallest absolute Gasteiger partial charge is 0.228 e. The molecule has 2 heterocycles. The molecular formula is C12H21N3O3. The van der Waals surface area contributed by atoms with Gasteiger partial charge in [0.2, 0.25) is 11.7 Å². The Labute approximate surface area is 107 Å². The normalized spacial score (nSPS) is 26.2. The molecule has 0 aliphatic carbocycles. The highest BCUT2D eigenvalue weighted by atomic mass is 16.5. The summed E-state index contributed by atoms with van der Waals surface area (Å²) in [5.41, 5.74) is 5.44. The van der Waals surface area contributed by atoms with E-state index in [2.05, 4.69) is 10.1 Å². The Morgan fingerprint density at radius 2 is 2.33 bits per heavy atom. The highest BCUT2D eigenvalue weighted by Crippen LogP contribution is 2.32. The van der Waals surface area contributed by atoms with Crippen LogP contribution in [0, 0.1) is 0 Å². The Balaban J connectivity index is 2.00. The molecular weight excluding hydrogens is 234 g/mol. The van der Waals surface area contributed by atoms with Crippen LogP contribution in [0.4, 0.5) is 0 Å². The second-order valence-electron chi connectivity index (χ2n) is 4.97. The molecule has 0 radical (unpaired) electrons. The number of ether oxygens (including phenoxy) is 2. The zero-order valence-corrected chi connectivity index (χ0v) is 11.0. The second kappa shape index (κ2) is 5.77. The number of aromatic nitrogens is 2. The fourth-order valence-electron chi connectivity index (χ4n) is 2.16. The highest BCUT2D eigenvalue weighted by Gasteiger charge is 2.35. The van der Waals surface area contributed by atoms with E-state index in [0.29, 0.717) is 24.7 Å². The van der Waals surface area contributed by atoms with E-state index in [0.717, 1.165) is 25.9 Å². The van der Waals surface area contributed by atoms with Gasteiger partial charge < -0.3 is 19.7 Å². The van der Waals surface area contributed by atoms with Gasteiger partial charge in [-0.2, -0.15) is 4.98 Å². The first-order chi connectivity index (χ1) is 8.64. The Hall–Kier alpha value is -0.980. The Bertz CT molecular complexity index is 374. The first-order valence-electron chi connectivity index (χ1n) is 6.35. The zero-order chi connectivity index (χ0) is 13.0. The standard InChI is InChI=1S/C12H21N3O3/c1-12(5-3-4-6-17-12)11-14-10(18-15-11)7-9(13)8-16-2/h9H,3-8,13H2,1-2H3. The largest absolute Gasteiger partial charge is 0.383 e. The Morgan fingerprint density at radius 3 is 3.00 bits per heavy atom. The van der Waals surface area contributed by atoms with Gasteiger partial charge in [-0.1, -0.05) is 5.16 Å². The molecule has 0 aromatic carbocycles. The van der Waals surface area contributed by atoms with Crippen molar-refractivity contribution in [2.45, 2.75) is 44.2 Å². The van der Waals surface area contributed by atoms with Crippen LogP contribution in [-0.4, -0.2) is 36.5 Å². The minimum absolute atomic E-state index is 0.122. The minimum atomic E-state index is -0.411. The Kier molecular flexibility index (Phi) is 4.31. The molecule has 6 heteroatoms. The van der Waals surface area contributed by atoms with Gasteiger partial charge in [-0.05, 0) is 26.2 Å². The van der Waals surface area contributed by atoms with Crippen LogP contribution in [0.1, 0.15) is 37.9 Å². The van der Waals surface area contributed by atoms with Crippen LogP contribution < -0.4 is 5.73 Å². The van der Waals surface area contributed by atoms with E-state index in [4.69, 9.17) is 19.7 Å². The summed E-state index contributed by atoms with van der Waals surface area (Å²) in [6, 6.07) is -0.122. The molecule has 1 aliphatic heterocycles. The number of methoxy groups -OCH3 is 1. The number of nitrogens with zero attached hydrogens (tertiary/aromatic N) is 2. The van der Waals surface area contributed by atoms with Crippen LogP contribution >= 0.6 is 0 Å².